The first kappa shape index (κ1) is 15.4. The van der Waals surface area contributed by atoms with Crippen LogP contribution in [0.1, 0.15) is 26.7 Å². The van der Waals surface area contributed by atoms with Crippen molar-refractivity contribution in [1.82, 2.24) is 19.8 Å². The summed E-state index contributed by atoms with van der Waals surface area (Å²) in [7, 11) is 2.03. The molecule has 0 spiro atoms. The summed E-state index contributed by atoms with van der Waals surface area (Å²) in [6, 6.07) is 10.7. The molecule has 3 rings (SSSR count). The molecule has 0 saturated heterocycles. The minimum atomic E-state index is -0.331. The molecule has 0 aliphatic rings. The predicted molar refractivity (Wildman–Crippen MR) is 88.9 cm³/mol. The Labute approximate surface area is 134 Å². The van der Waals surface area contributed by atoms with Gasteiger partial charge in [-0.05, 0) is 37.1 Å². The monoisotopic (exact) mass is 313 g/mol. The SMILES string of the molecule is CCC(CC)N(C)c1ccc2nnc(-c3ccccc3F)n2n1. The molecule has 5 nitrogen and oxygen atoms in total. The van der Waals surface area contributed by atoms with Gasteiger partial charge in [-0.1, -0.05) is 26.0 Å². The molecule has 1 aromatic carbocycles. The molecule has 120 valence electrons. The zero-order valence-corrected chi connectivity index (χ0v) is 13.6. The Hall–Kier alpha value is -2.50. The summed E-state index contributed by atoms with van der Waals surface area (Å²) in [6.07, 6.45) is 2.07. The first-order valence-electron chi connectivity index (χ1n) is 7.85. The van der Waals surface area contributed by atoms with Crippen LogP contribution in [0.5, 0.6) is 0 Å². The van der Waals surface area contributed by atoms with Crippen LogP contribution in [0, 0.1) is 5.82 Å². The highest BCUT2D eigenvalue weighted by molar-refractivity contribution is 5.60. The standard InChI is InChI=1S/C17H20FN5/c1-4-12(5-2)22(3)16-11-10-15-19-20-17(23(15)21-16)13-8-6-7-9-14(13)18/h6-12H,4-5H2,1-3H3. The van der Waals surface area contributed by atoms with E-state index in [1.165, 1.54) is 6.07 Å². The van der Waals surface area contributed by atoms with E-state index < -0.39 is 0 Å². The molecule has 0 aliphatic carbocycles. The largest absolute Gasteiger partial charge is 0.355 e. The van der Waals surface area contributed by atoms with Crippen molar-refractivity contribution in [2.75, 3.05) is 11.9 Å². The van der Waals surface area contributed by atoms with Crippen LogP contribution < -0.4 is 4.90 Å². The Kier molecular flexibility index (Phi) is 4.23. The van der Waals surface area contributed by atoms with Crippen LogP contribution in [-0.4, -0.2) is 32.9 Å². The quantitative estimate of drug-likeness (QED) is 0.722. The highest BCUT2D eigenvalue weighted by atomic mass is 19.1. The topological polar surface area (TPSA) is 46.3 Å². The van der Waals surface area contributed by atoms with Crippen molar-refractivity contribution < 1.29 is 4.39 Å². The van der Waals surface area contributed by atoms with Crippen LogP contribution >= 0.6 is 0 Å². The summed E-state index contributed by atoms with van der Waals surface area (Å²) in [4.78, 5) is 2.14. The molecule has 0 fully saturated rings. The van der Waals surface area contributed by atoms with Crippen LogP contribution in [0.25, 0.3) is 17.0 Å². The zero-order chi connectivity index (χ0) is 16.4. The molecule has 2 heterocycles. The lowest BCUT2D eigenvalue weighted by Gasteiger charge is -2.27. The van der Waals surface area contributed by atoms with E-state index >= 15 is 0 Å². The summed E-state index contributed by atoms with van der Waals surface area (Å²) < 4.78 is 15.7. The lowest BCUT2D eigenvalue weighted by Crippen LogP contribution is -2.31. The van der Waals surface area contributed by atoms with Gasteiger partial charge in [0.15, 0.2) is 11.5 Å². The van der Waals surface area contributed by atoms with E-state index in [0.29, 0.717) is 23.1 Å². The van der Waals surface area contributed by atoms with E-state index in [1.807, 2.05) is 19.2 Å². The van der Waals surface area contributed by atoms with Gasteiger partial charge in [0.1, 0.15) is 11.6 Å². The summed E-state index contributed by atoms with van der Waals surface area (Å²) in [5, 5.41) is 12.8. The number of hydrogen-bond acceptors (Lipinski definition) is 4. The second-order valence-corrected chi connectivity index (χ2v) is 5.55. The van der Waals surface area contributed by atoms with Gasteiger partial charge < -0.3 is 4.90 Å². The molecule has 0 atom stereocenters. The van der Waals surface area contributed by atoms with E-state index in [0.717, 1.165) is 18.7 Å². The highest BCUT2D eigenvalue weighted by Crippen LogP contribution is 2.23. The van der Waals surface area contributed by atoms with Crippen molar-refractivity contribution in [1.29, 1.82) is 0 Å². The number of anilines is 1. The number of halogens is 1. The van der Waals surface area contributed by atoms with Crippen LogP contribution in [0.3, 0.4) is 0 Å². The van der Waals surface area contributed by atoms with Crippen molar-refractivity contribution >= 4 is 11.5 Å². The predicted octanol–water partition coefficient (Wildman–Crippen LogP) is 3.56. The van der Waals surface area contributed by atoms with Gasteiger partial charge in [0.25, 0.3) is 0 Å². The lowest BCUT2D eigenvalue weighted by molar-refractivity contribution is 0.583. The fourth-order valence-electron chi connectivity index (χ4n) is 2.80. The molecule has 0 saturated carbocycles. The Morgan fingerprint density at radius 3 is 2.52 bits per heavy atom. The summed E-state index contributed by atoms with van der Waals surface area (Å²) >= 11 is 0. The Morgan fingerprint density at radius 2 is 1.83 bits per heavy atom. The molecule has 3 aromatic rings. The van der Waals surface area contributed by atoms with Crippen LogP contribution in [0.2, 0.25) is 0 Å². The Bertz CT molecular complexity index is 810. The number of fused-ring (bicyclic) bond motifs is 1. The van der Waals surface area contributed by atoms with E-state index in [-0.39, 0.29) is 5.82 Å². The van der Waals surface area contributed by atoms with E-state index in [9.17, 15) is 4.39 Å². The molecule has 0 radical (unpaired) electrons. The molecule has 0 N–H and O–H groups in total. The fraction of sp³-hybridized carbons (Fsp3) is 0.353. The summed E-state index contributed by atoms with van der Waals surface area (Å²) in [6.45, 7) is 4.32. The van der Waals surface area contributed by atoms with Gasteiger partial charge >= 0.3 is 0 Å². The number of hydrogen-bond donors (Lipinski definition) is 0. The second-order valence-electron chi connectivity index (χ2n) is 5.55. The molecule has 0 aliphatic heterocycles. The molecular weight excluding hydrogens is 293 g/mol. The Morgan fingerprint density at radius 1 is 1.09 bits per heavy atom. The average molecular weight is 313 g/mol. The van der Waals surface area contributed by atoms with Crippen molar-refractivity contribution in [2.45, 2.75) is 32.7 Å². The van der Waals surface area contributed by atoms with Gasteiger partial charge in [0, 0.05) is 13.1 Å². The minimum absolute atomic E-state index is 0.331. The normalized spacial score (nSPS) is 11.3. The molecule has 6 heteroatoms. The second kappa shape index (κ2) is 6.32. The third-order valence-corrected chi connectivity index (χ3v) is 4.22. The van der Waals surface area contributed by atoms with Gasteiger partial charge in [-0.25, -0.2) is 4.39 Å². The maximum atomic E-state index is 14.1. The van der Waals surface area contributed by atoms with Gasteiger partial charge in [-0.2, -0.15) is 4.52 Å². The number of benzene rings is 1. The van der Waals surface area contributed by atoms with Crippen molar-refractivity contribution in [2.24, 2.45) is 0 Å². The van der Waals surface area contributed by atoms with Crippen molar-refractivity contribution in [3.8, 4) is 11.4 Å². The van der Waals surface area contributed by atoms with E-state index in [2.05, 4.69) is 34.0 Å². The van der Waals surface area contributed by atoms with Crippen molar-refractivity contribution in [3.05, 3.63) is 42.2 Å². The maximum absolute atomic E-state index is 14.1. The van der Waals surface area contributed by atoms with Gasteiger partial charge in [-0.3, -0.25) is 0 Å². The van der Waals surface area contributed by atoms with Crippen molar-refractivity contribution in [3.63, 3.8) is 0 Å². The number of rotatable bonds is 5. The fourth-order valence-corrected chi connectivity index (χ4v) is 2.80. The Balaban J connectivity index is 2.09. The van der Waals surface area contributed by atoms with Gasteiger partial charge in [-0.15, -0.1) is 15.3 Å². The smallest absolute Gasteiger partial charge is 0.188 e. The molecule has 23 heavy (non-hydrogen) atoms. The lowest BCUT2D eigenvalue weighted by atomic mass is 10.1. The molecule has 0 bridgehead atoms. The molecule has 0 unspecified atom stereocenters. The summed E-state index contributed by atoms with van der Waals surface area (Å²) in [5.41, 5.74) is 1.000. The van der Waals surface area contributed by atoms with Crippen LogP contribution in [0.15, 0.2) is 36.4 Å². The number of aromatic nitrogens is 4. The average Bonchev–Trinajstić information content (AvgIpc) is 2.99. The summed E-state index contributed by atoms with van der Waals surface area (Å²) in [5.74, 6) is 0.906. The third kappa shape index (κ3) is 2.76. The zero-order valence-electron chi connectivity index (χ0n) is 13.6. The first-order valence-corrected chi connectivity index (χ1v) is 7.85. The number of nitrogens with zero attached hydrogens (tertiary/aromatic N) is 5. The minimum Gasteiger partial charge on any atom is -0.355 e. The molecule has 2 aromatic heterocycles. The molecule has 0 amide bonds. The third-order valence-electron chi connectivity index (χ3n) is 4.22. The first-order chi connectivity index (χ1) is 11.2. The maximum Gasteiger partial charge on any atom is 0.188 e. The van der Waals surface area contributed by atoms with Gasteiger partial charge in [0.2, 0.25) is 0 Å². The van der Waals surface area contributed by atoms with Crippen LogP contribution in [-0.2, 0) is 0 Å². The van der Waals surface area contributed by atoms with E-state index in [4.69, 9.17) is 0 Å². The van der Waals surface area contributed by atoms with Crippen LogP contribution in [0.4, 0.5) is 10.2 Å². The van der Waals surface area contributed by atoms with E-state index in [1.54, 1.807) is 22.7 Å². The highest BCUT2D eigenvalue weighted by Gasteiger charge is 2.17. The molecular formula is C17H20FN5. The van der Waals surface area contributed by atoms with Gasteiger partial charge in [0.05, 0.1) is 5.56 Å².